The van der Waals surface area contributed by atoms with Crippen LogP contribution in [0.5, 0.6) is 0 Å². The molecule has 4 N–H and O–H groups in total. The summed E-state index contributed by atoms with van der Waals surface area (Å²) in [6.07, 6.45) is 0. The normalized spacial score (nSPS) is 19.4. The molecule has 19 heavy (non-hydrogen) atoms. The Balaban J connectivity index is 2.45. The van der Waals surface area contributed by atoms with Gasteiger partial charge >= 0.3 is 0 Å². The Labute approximate surface area is 119 Å². The zero-order chi connectivity index (χ0) is 14.2. The topological polar surface area (TPSA) is 100 Å². The zero-order valence-electron chi connectivity index (χ0n) is 9.91. The number of nitrogens with zero attached hydrogens (tertiary/aromatic N) is 2. The summed E-state index contributed by atoms with van der Waals surface area (Å²) in [4.78, 5) is 28.6. The van der Waals surface area contributed by atoms with Gasteiger partial charge in [0.15, 0.2) is 11.6 Å². The van der Waals surface area contributed by atoms with Crippen molar-refractivity contribution < 1.29 is 9.59 Å². The van der Waals surface area contributed by atoms with Crippen molar-refractivity contribution in [2.24, 2.45) is 5.84 Å². The minimum Gasteiger partial charge on any atom is -0.334 e. The van der Waals surface area contributed by atoms with Gasteiger partial charge < -0.3 is 10.3 Å². The number of imide groups is 1. The van der Waals surface area contributed by atoms with E-state index in [1.54, 1.807) is 6.92 Å². The van der Waals surface area contributed by atoms with Crippen molar-refractivity contribution in [3.8, 4) is 0 Å². The summed E-state index contributed by atoms with van der Waals surface area (Å²) >= 11 is 11.9. The third-order valence-corrected chi connectivity index (χ3v) is 3.31. The molecular formula is C10H11Cl2N5O2. The Morgan fingerprint density at radius 3 is 2.79 bits per heavy atom. The van der Waals surface area contributed by atoms with Crippen molar-refractivity contribution in [2.45, 2.75) is 13.0 Å². The fraction of sp³-hybridized carbons (Fsp3) is 0.300. The monoisotopic (exact) mass is 303 g/mol. The fourth-order valence-corrected chi connectivity index (χ4v) is 2.25. The smallest absolute Gasteiger partial charge is 0.249 e. The number of nitrogens with two attached hydrogens (primary N) is 1. The van der Waals surface area contributed by atoms with Crippen LogP contribution in [0.1, 0.15) is 6.92 Å². The molecule has 0 bridgehead atoms. The second kappa shape index (κ2) is 5.20. The maximum atomic E-state index is 11.6. The van der Waals surface area contributed by atoms with E-state index in [-0.39, 0.29) is 28.2 Å². The molecule has 102 valence electrons. The molecule has 1 aliphatic rings. The average molecular weight is 304 g/mol. The standard InChI is InChI=1S/C10H11Cl2N5O2/c1-4-10(19)14-7(18)3-17(4)9-6(12)2-5(11)8(15-9)16-13/h2,4H,3,13H2,1H3,(H,15,16)(H,14,18,19). The molecule has 0 aromatic carbocycles. The van der Waals surface area contributed by atoms with Crippen LogP contribution in [0.15, 0.2) is 6.07 Å². The first-order valence-corrected chi connectivity index (χ1v) is 6.12. The van der Waals surface area contributed by atoms with Crippen molar-refractivity contribution in [3.05, 3.63) is 16.1 Å². The number of carbonyl (C=O) groups is 2. The van der Waals surface area contributed by atoms with Gasteiger partial charge in [0.2, 0.25) is 11.8 Å². The third-order valence-electron chi connectivity index (χ3n) is 2.74. The lowest BCUT2D eigenvalue weighted by Gasteiger charge is -2.33. The Bertz CT molecular complexity index is 551. The van der Waals surface area contributed by atoms with Gasteiger partial charge in [0.05, 0.1) is 16.6 Å². The minimum atomic E-state index is -0.575. The van der Waals surface area contributed by atoms with Gasteiger partial charge in [0, 0.05) is 0 Å². The Morgan fingerprint density at radius 1 is 1.47 bits per heavy atom. The molecule has 7 nitrogen and oxygen atoms in total. The number of anilines is 2. The number of halogens is 2. The summed E-state index contributed by atoms with van der Waals surface area (Å²) in [7, 11) is 0. The summed E-state index contributed by atoms with van der Waals surface area (Å²) in [5.41, 5.74) is 2.33. The van der Waals surface area contributed by atoms with E-state index in [9.17, 15) is 9.59 Å². The van der Waals surface area contributed by atoms with Gasteiger partial charge in [0.25, 0.3) is 0 Å². The predicted molar refractivity (Wildman–Crippen MR) is 72.0 cm³/mol. The van der Waals surface area contributed by atoms with Crippen molar-refractivity contribution in [2.75, 3.05) is 16.9 Å². The quantitative estimate of drug-likeness (QED) is 0.418. The first-order chi connectivity index (χ1) is 8.93. The molecule has 1 aromatic heterocycles. The van der Waals surface area contributed by atoms with Crippen LogP contribution in [0.2, 0.25) is 10.0 Å². The predicted octanol–water partition coefficient (Wildman–Crippen LogP) is 0.525. The van der Waals surface area contributed by atoms with E-state index in [1.807, 2.05) is 0 Å². The van der Waals surface area contributed by atoms with Gasteiger partial charge in [-0.2, -0.15) is 0 Å². The molecule has 0 spiro atoms. The molecule has 0 saturated carbocycles. The number of aromatic nitrogens is 1. The van der Waals surface area contributed by atoms with Crippen LogP contribution >= 0.6 is 23.2 Å². The average Bonchev–Trinajstić information content (AvgIpc) is 2.34. The number of hydrogen-bond donors (Lipinski definition) is 3. The molecule has 1 saturated heterocycles. The summed E-state index contributed by atoms with van der Waals surface area (Å²) in [5, 5.41) is 2.71. The molecule has 2 amide bonds. The molecule has 0 aliphatic carbocycles. The van der Waals surface area contributed by atoms with Crippen LogP contribution in [0, 0.1) is 0 Å². The van der Waals surface area contributed by atoms with Crippen LogP contribution in [0.25, 0.3) is 0 Å². The highest BCUT2D eigenvalue weighted by Crippen LogP contribution is 2.32. The summed E-state index contributed by atoms with van der Waals surface area (Å²) in [6.45, 7) is 1.62. The van der Waals surface area contributed by atoms with Gasteiger partial charge in [-0.25, -0.2) is 10.8 Å². The van der Waals surface area contributed by atoms with Crippen LogP contribution in [-0.2, 0) is 9.59 Å². The summed E-state index contributed by atoms with van der Waals surface area (Å²) < 4.78 is 0. The Morgan fingerprint density at radius 2 is 2.16 bits per heavy atom. The van der Waals surface area contributed by atoms with E-state index in [1.165, 1.54) is 11.0 Å². The molecule has 1 unspecified atom stereocenters. The fourth-order valence-electron chi connectivity index (χ4n) is 1.73. The van der Waals surface area contributed by atoms with E-state index in [0.717, 1.165) is 0 Å². The molecule has 2 rings (SSSR count). The Kier molecular flexibility index (Phi) is 3.79. The third kappa shape index (κ3) is 2.58. The van der Waals surface area contributed by atoms with E-state index >= 15 is 0 Å². The maximum Gasteiger partial charge on any atom is 0.249 e. The van der Waals surface area contributed by atoms with Crippen LogP contribution < -0.4 is 21.5 Å². The number of carbonyl (C=O) groups excluding carboxylic acids is 2. The Hall–Kier alpha value is -1.57. The lowest BCUT2D eigenvalue weighted by atomic mass is 10.2. The van der Waals surface area contributed by atoms with Gasteiger partial charge in [-0.05, 0) is 13.0 Å². The number of nitrogen functional groups attached to an aromatic ring is 1. The van der Waals surface area contributed by atoms with E-state index in [4.69, 9.17) is 29.0 Å². The molecular weight excluding hydrogens is 293 g/mol. The number of pyridine rings is 1. The number of nitrogens with one attached hydrogen (secondary N) is 2. The molecule has 2 heterocycles. The van der Waals surface area contributed by atoms with Gasteiger partial charge in [-0.1, -0.05) is 23.2 Å². The van der Waals surface area contributed by atoms with E-state index in [2.05, 4.69) is 15.7 Å². The highest BCUT2D eigenvalue weighted by atomic mass is 35.5. The highest BCUT2D eigenvalue weighted by molar-refractivity contribution is 6.37. The van der Waals surface area contributed by atoms with E-state index < -0.39 is 17.9 Å². The largest absolute Gasteiger partial charge is 0.334 e. The number of hydrogen-bond acceptors (Lipinski definition) is 6. The number of hydrazine groups is 1. The van der Waals surface area contributed by atoms with Crippen LogP contribution in [-0.4, -0.2) is 29.4 Å². The van der Waals surface area contributed by atoms with Crippen LogP contribution in [0.3, 0.4) is 0 Å². The van der Waals surface area contributed by atoms with Crippen molar-refractivity contribution in [3.63, 3.8) is 0 Å². The second-order valence-electron chi connectivity index (χ2n) is 3.98. The molecule has 1 atom stereocenters. The molecule has 1 aromatic rings. The summed E-state index contributed by atoms with van der Waals surface area (Å²) in [5.74, 6) is 4.94. The minimum absolute atomic E-state index is 0.0225. The molecule has 9 heteroatoms. The molecule has 1 fully saturated rings. The second-order valence-corrected chi connectivity index (χ2v) is 4.80. The number of rotatable bonds is 2. The zero-order valence-corrected chi connectivity index (χ0v) is 11.4. The number of piperazine rings is 1. The highest BCUT2D eigenvalue weighted by Gasteiger charge is 2.32. The maximum absolute atomic E-state index is 11.6. The van der Waals surface area contributed by atoms with Gasteiger partial charge in [-0.3, -0.25) is 14.9 Å². The van der Waals surface area contributed by atoms with Gasteiger partial charge in [0.1, 0.15) is 6.04 Å². The molecule has 0 radical (unpaired) electrons. The summed E-state index contributed by atoms with van der Waals surface area (Å²) in [6, 6.07) is 0.874. The van der Waals surface area contributed by atoms with Crippen molar-refractivity contribution in [1.29, 1.82) is 0 Å². The van der Waals surface area contributed by atoms with Crippen LogP contribution in [0.4, 0.5) is 11.6 Å². The van der Waals surface area contributed by atoms with Crippen molar-refractivity contribution >= 4 is 46.7 Å². The lowest BCUT2D eigenvalue weighted by molar-refractivity contribution is -0.132. The van der Waals surface area contributed by atoms with Gasteiger partial charge in [-0.15, -0.1) is 0 Å². The first kappa shape index (κ1) is 13.9. The van der Waals surface area contributed by atoms with Crippen molar-refractivity contribution in [1.82, 2.24) is 10.3 Å². The number of amides is 2. The van der Waals surface area contributed by atoms with E-state index in [0.29, 0.717) is 0 Å². The molecule has 1 aliphatic heterocycles. The lowest BCUT2D eigenvalue weighted by Crippen LogP contribution is -2.57. The first-order valence-electron chi connectivity index (χ1n) is 5.37. The SMILES string of the molecule is CC1C(=O)NC(=O)CN1c1nc(NN)c(Cl)cc1Cl.